The first-order valence-corrected chi connectivity index (χ1v) is 12.3. The third kappa shape index (κ3) is 7.18. The van der Waals surface area contributed by atoms with Crippen molar-refractivity contribution in [3.63, 3.8) is 0 Å². The van der Waals surface area contributed by atoms with E-state index in [1.807, 2.05) is 78.9 Å². The van der Waals surface area contributed by atoms with Crippen molar-refractivity contribution in [1.29, 1.82) is 0 Å². The van der Waals surface area contributed by atoms with Gasteiger partial charge in [0, 0.05) is 30.5 Å². The van der Waals surface area contributed by atoms with Gasteiger partial charge in [-0.2, -0.15) is 0 Å². The fraction of sp³-hybridized carbons (Fsp3) is 0.167. The highest BCUT2D eigenvalue weighted by Gasteiger charge is 2.31. The van der Waals surface area contributed by atoms with Crippen molar-refractivity contribution in [2.45, 2.75) is 25.6 Å². The molecule has 1 aromatic heterocycles. The highest BCUT2D eigenvalue weighted by Crippen LogP contribution is 2.26. The second kappa shape index (κ2) is 12.7. The van der Waals surface area contributed by atoms with Gasteiger partial charge in [-0.05, 0) is 58.7 Å². The molecule has 1 N–H and O–H groups in total. The van der Waals surface area contributed by atoms with Gasteiger partial charge in [-0.3, -0.25) is 14.6 Å². The van der Waals surface area contributed by atoms with Crippen molar-refractivity contribution in [2.75, 3.05) is 7.11 Å². The molecule has 0 bridgehead atoms. The minimum atomic E-state index is -0.829. The van der Waals surface area contributed by atoms with E-state index >= 15 is 0 Å². The van der Waals surface area contributed by atoms with E-state index < -0.39 is 6.04 Å². The topological polar surface area (TPSA) is 71.5 Å². The van der Waals surface area contributed by atoms with Crippen molar-refractivity contribution in [2.24, 2.45) is 0 Å². The lowest BCUT2D eigenvalue weighted by molar-refractivity contribution is -0.141. The summed E-state index contributed by atoms with van der Waals surface area (Å²) in [7, 11) is 1.61. The molecule has 1 heterocycles. The lowest BCUT2D eigenvalue weighted by Gasteiger charge is -2.32. The molecule has 0 fully saturated rings. The predicted octanol–water partition coefficient (Wildman–Crippen LogP) is 5.37. The first kappa shape index (κ1) is 25.9. The molecule has 3 aromatic carbocycles. The van der Waals surface area contributed by atoms with Gasteiger partial charge in [0.1, 0.15) is 11.8 Å². The monoisotopic (exact) mass is 513 g/mol. The molecule has 0 saturated heterocycles. The molecule has 0 radical (unpaired) electrons. The maximum Gasteiger partial charge on any atom is 0.247 e. The van der Waals surface area contributed by atoms with Crippen LogP contribution in [0.1, 0.15) is 28.3 Å². The Kier molecular flexibility index (Phi) is 8.89. The second-order valence-corrected chi connectivity index (χ2v) is 9.00. The van der Waals surface area contributed by atoms with E-state index in [4.69, 9.17) is 16.3 Å². The molecule has 6 nitrogen and oxygen atoms in total. The fourth-order valence-corrected chi connectivity index (χ4v) is 4.15. The van der Waals surface area contributed by atoms with Crippen molar-refractivity contribution in [1.82, 2.24) is 15.2 Å². The van der Waals surface area contributed by atoms with Gasteiger partial charge in [-0.15, -0.1) is 0 Å². The first-order valence-electron chi connectivity index (χ1n) is 11.9. The Hall–Kier alpha value is -4.16. The minimum absolute atomic E-state index is 0.133. The summed E-state index contributed by atoms with van der Waals surface area (Å²) in [6.45, 7) is 0.574. The number of halogens is 1. The lowest BCUT2D eigenvalue weighted by atomic mass is 10.0. The molecule has 1 atom stereocenters. The number of amides is 2. The van der Waals surface area contributed by atoms with Crippen LogP contribution in [0.15, 0.2) is 103 Å². The SMILES string of the molecule is COc1ccc(CN(C(=O)Cc2ccc(Cl)cc2)C(C(=O)NCc2ccncc2)c2ccccc2)cc1. The van der Waals surface area contributed by atoms with Crippen LogP contribution in [0.4, 0.5) is 0 Å². The zero-order valence-corrected chi connectivity index (χ0v) is 21.3. The largest absolute Gasteiger partial charge is 0.497 e. The molecular formula is C30H28ClN3O3. The smallest absolute Gasteiger partial charge is 0.247 e. The highest BCUT2D eigenvalue weighted by molar-refractivity contribution is 6.30. The molecule has 0 aliphatic heterocycles. The van der Waals surface area contributed by atoms with Gasteiger partial charge >= 0.3 is 0 Å². The molecule has 37 heavy (non-hydrogen) atoms. The van der Waals surface area contributed by atoms with E-state index in [0.717, 1.165) is 28.0 Å². The van der Waals surface area contributed by atoms with Crippen molar-refractivity contribution in [3.8, 4) is 5.75 Å². The summed E-state index contributed by atoms with van der Waals surface area (Å²) in [5.41, 5.74) is 3.35. The van der Waals surface area contributed by atoms with Crippen LogP contribution < -0.4 is 10.1 Å². The second-order valence-electron chi connectivity index (χ2n) is 8.56. The number of hydrogen-bond acceptors (Lipinski definition) is 4. The van der Waals surface area contributed by atoms with E-state index in [9.17, 15) is 9.59 Å². The van der Waals surface area contributed by atoms with Crippen LogP contribution in [0.3, 0.4) is 0 Å². The predicted molar refractivity (Wildman–Crippen MR) is 144 cm³/mol. The van der Waals surface area contributed by atoms with Gasteiger partial charge in [-0.1, -0.05) is 66.2 Å². The molecule has 0 saturated carbocycles. The number of carbonyl (C=O) groups is 2. The van der Waals surface area contributed by atoms with Crippen molar-refractivity contribution < 1.29 is 14.3 Å². The summed E-state index contributed by atoms with van der Waals surface area (Å²) < 4.78 is 5.28. The molecule has 4 aromatic rings. The molecule has 2 amide bonds. The number of nitrogens with one attached hydrogen (secondary N) is 1. The Morgan fingerprint density at radius 3 is 2.16 bits per heavy atom. The lowest BCUT2D eigenvalue weighted by Crippen LogP contribution is -2.43. The van der Waals surface area contributed by atoms with Gasteiger partial charge in [0.15, 0.2) is 0 Å². The molecule has 188 valence electrons. The Morgan fingerprint density at radius 1 is 0.865 bits per heavy atom. The maximum atomic E-state index is 13.8. The van der Waals surface area contributed by atoms with Gasteiger partial charge < -0.3 is 15.0 Å². The molecule has 7 heteroatoms. The average molecular weight is 514 g/mol. The van der Waals surface area contributed by atoms with Gasteiger partial charge in [-0.25, -0.2) is 0 Å². The Bertz CT molecular complexity index is 1300. The Labute approximate surface area is 221 Å². The Morgan fingerprint density at radius 2 is 1.51 bits per heavy atom. The van der Waals surface area contributed by atoms with Gasteiger partial charge in [0.2, 0.25) is 11.8 Å². The number of nitrogens with zero attached hydrogens (tertiary/aromatic N) is 2. The number of ether oxygens (including phenoxy) is 1. The number of carbonyl (C=O) groups excluding carboxylic acids is 2. The number of aromatic nitrogens is 1. The number of pyridine rings is 1. The van der Waals surface area contributed by atoms with Crippen LogP contribution in [0.5, 0.6) is 5.75 Å². The van der Waals surface area contributed by atoms with Crippen LogP contribution in [0.25, 0.3) is 0 Å². The van der Waals surface area contributed by atoms with E-state index in [2.05, 4.69) is 10.3 Å². The maximum absolute atomic E-state index is 13.8. The van der Waals surface area contributed by atoms with Crippen LogP contribution in [0, 0.1) is 0 Å². The number of methoxy groups -OCH3 is 1. The summed E-state index contributed by atoms with van der Waals surface area (Å²) in [5, 5.41) is 3.61. The minimum Gasteiger partial charge on any atom is -0.497 e. The highest BCUT2D eigenvalue weighted by atomic mass is 35.5. The molecular weight excluding hydrogens is 486 g/mol. The number of hydrogen-bond donors (Lipinski definition) is 1. The zero-order chi connectivity index (χ0) is 26.0. The molecule has 4 rings (SSSR count). The Balaban J connectivity index is 1.67. The summed E-state index contributed by atoms with van der Waals surface area (Å²) in [4.78, 5) is 33.2. The molecule has 1 unspecified atom stereocenters. The van der Waals surface area contributed by atoms with Crippen LogP contribution >= 0.6 is 11.6 Å². The van der Waals surface area contributed by atoms with Gasteiger partial charge in [0.25, 0.3) is 0 Å². The van der Waals surface area contributed by atoms with Crippen LogP contribution in [0.2, 0.25) is 5.02 Å². The molecule has 0 spiro atoms. The van der Waals surface area contributed by atoms with Crippen LogP contribution in [-0.2, 0) is 29.1 Å². The van der Waals surface area contributed by atoms with Crippen molar-refractivity contribution >= 4 is 23.4 Å². The number of rotatable bonds is 10. The third-order valence-corrected chi connectivity index (χ3v) is 6.24. The van der Waals surface area contributed by atoms with Gasteiger partial charge in [0.05, 0.1) is 13.5 Å². The normalized spacial score (nSPS) is 11.4. The van der Waals surface area contributed by atoms with E-state index in [1.54, 1.807) is 36.5 Å². The third-order valence-electron chi connectivity index (χ3n) is 5.99. The summed E-state index contributed by atoms with van der Waals surface area (Å²) in [5.74, 6) is 0.282. The number of benzene rings is 3. The first-order chi connectivity index (χ1) is 18.0. The van der Waals surface area contributed by atoms with E-state index in [0.29, 0.717) is 11.6 Å². The van der Waals surface area contributed by atoms with Crippen molar-refractivity contribution in [3.05, 3.63) is 131 Å². The molecule has 0 aliphatic carbocycles. The summed E-state index contributed by atoms with van der Waals surface area (Å²) in [6.07, 6.45) is 3.50. The fourth-order valence-electron chi connectivity index (χ4n) is 4.02. The summed E-state index contributed by atoms with van der Waals surface area (Å²) >= 11 is 6.04. The van der Waals surface area contributed by atoms with Crippen LogP contribution in [-0.4, -0.2) is 28.8 Å². The van der Waals surface area contributed by atoms with E-state index in [1.165, 1.54) is 0 Å². The zero-order valence-electron chi connectivity index (χ0n) is 20.5. The quantitative estimate of drug-likeness (QED) is 0.309. The van der Waals surface area contributed by atoms with E-state index in [-0.39, 0.29) is 24.8 Å². The summed E-state index contributed by atoms with van der Waals surface area (Å²) in [6, 6.07) is 26.9. The standard InChI is InChI=1S/C30H28ClN3O3/c1-37-27-13-9-24(10-14-27)21-34(28(35)19-22-7-11-26(31)12-8-22)29(25-5-3-2-4-6-25)30(36)33-20-23-15-17-32-18-16-23/h2-18,29H,19-21H2,1H3,(H,33,36). The molecule has 0 aliphatic rings. The average Bonchev–Trinajstić information content (AvgIpc) is 2.94.